The van der Waals surface area contributed by atoms with Crippen molar-refractivity contribution >= 4 is 5.91 Å². The molecule has 13 heavy (non-hydrogen) atoms. The molecular formula is C8H18N2O3. The van der Waals surface area contributed by atoms with Crippen LogP contribution in [0.25, 0.3) is 0 Å². The van der Waals surface area contributed by atoms with Gasteiger partial charge in [-0.2, -0.15) is 0 Å². The average Bonchev–Trinajstić information content (AvgIpc) is 2.11. The molecule has 5 heteroatoms. The summed E-state index contributed by atoms with van der Waals surface area (Å²) in [5, 5.41) is 19.8. The van der Waals surface area contributed by atoms with Gasteiger partial charge in [0.05, 0.1) is 18.8 Å². The summed E-state index contributed by atoms with van der Waals surface area (Å²) in [6, 6.07) is -0.564. The fourth-order valence-corrected chi connectivity index (χ4v) is 0.704. The highest BCUT2D eigenvalue weighted by molar-refractivity contribution is 5.81. The van der Waals surface area contributed by atoms with Gasteiger partial charge in [-0.05, 0) is 5.92 Å². The molecule has 0 aromatic rings. The maximum atomic E-state index is 11.2. The molecule has 5 nitrogen and oxygen atoms in total. The Balaban J connectivity index is 3.74. The van der Waals surface area contributed by atoms with Crippen LogP contribution in [0.4, 0.5) is 0 Å². The maximum absolute atomic E-state index is 11.2. The van der Waals surface area contributed by atoms with Crippen LogP contribution in [-0.4, -0.2) is 41.4 Å². The van der Waals surface area contributed by atoms with Gasteiger partial charge in [-0.15, -0.1) is 0 Å². The van der Waals surface area contributed by atoms with Gasteiger partial charge < -0.3 is 21.3 Å². The molecule has 0 aromatic heterocycles. The predicted octanol–water partition coefficient (Wildman–Crippen LogP) is -1.56. The first-order chi connectivity index (χ1) is 5.99. The smallest absolute Gasteiger partial charge is 0.237 e. The monoisotopic (exact) mass is 190 g/mol. The first-order valence-corrected chi connectivity index (χ1v) is 4.31. The number of aliphatic hydroxyl groups is 2. The van der Waals surface area contributed by atoms with E-state index in [4.69, 9.17) is 15.9 Å². The third kappa shape index (κ3) is 4.82. The first kappa shape index (κ1) is 12.3. The fourth-order valence-electron chi connectivity index (χ4n) is 0.704. The zero-order valence-corrected chi connectivity index (χ0v) is 8.03. The molecule has 0 fully saturated rings. The van der Waals surface area contributed by atoms with Crippen LogP contribution in [0, 0.1) is 5.92 Å². The van der Waals surface area contributed by atoms with E-state index in [0.29, 0.717) is 0 Å². The van der Waals surface area contributed by atoms with Gasteiger partial charge in [-0.3, -0.25) is 4.79 Å². The van der Waals surface area contributed by atoms with Crippen molar-refractivity contribution in [3.63, 3.8) is 0 Å². The van der Waals surface area contributed by atoms with Crippen molar-refractivity contribution in [2.45, 2.75) is 26.0 Å². The Morgan fingerprint density at radius 3 is 2.46 bits per heavy atom. The molecule has 2 atom stereocenters. The van der Waals surface area contributed by atoms with Crippen LogP contribution in [-0.2, 0) is 4.79 Å². The SMILES string of the molecule is CC(C)C(N)C(=O)NC[C@H](O)CO. The van der Waals surface area contributed by atoms with Crippen molar-refractivity contribution in [2.75, 3.05) is 13.2 Å². The van der Waals surface area contributed by atoms with Gasteiger partial charge in [-0.1, -0.05) is 13.8 Å². The van der Waals surface area contributed by atoms with E-state index >= 15 is 0 Å². The molecule has 5 N–H and O–H groups in total. The number of aliphatic hydroxyl groups excluding tert-OH is 2. The van der Waals surface area contributed by atoms with Crippen LogP contribution in [0.3, 0.4) is 0 Å². The van der Waals surface area contributed by atoms with E-state index in [1.165, 1.54) is 0 Å². The molecule has 0 aromatic carbocycles. The van der Waals surface area contributed by atoms with Gasteiger partial charge in [0, 0.05) is 6.54 Å². The van der Waals surface area contributed by atoms with Crippen molar-refractivity contribution in [3.05, 3.63) is 0 Å². The van der Waals surface area contributed by atoms with Crippen LogP contribution < -0.4 is 11.1 Å². The quantitative estimate of drug-likeness (QED) is 0.421. The fraction of sp³-hybridized carbons (Fsp3) is 0.875. The Kier molecular flexibility index (Phi) is 5.61. The molecule has 0 radical (unpaired) electrons. The van der Waals surface area contributed by atoms with Gasteiger partial charge in [0.15, 0.2) is 0 Å². The Labute approximate surface area is 77.9 Å². The van der Waals surface area contributed by atoms with Crippen LogP contribution in [0.1, 0.15) is 13.8 Å². The lowest BCUT2D eigenvalue weighted by atomic mass is 10.1. The minimum atomic E-state index is -0.914. The second-order valence-electron chi connectivity index (χ2n) is 3.35. The molecule has 0 spiro atoms. The van der Waals surface area contributed by atoms with E-state index < -0.39 is 12.1 Å². The van der Waals surface area contributed by atoms with Crippen LogP contribution in [0.2, 0.25) is 0 Å². The zero-order valence-electron chi connectivity index (χ0n) is 8.03. The molecule has 78 valence electrons. The molecular weight excluding hydrogens is 172 g/mol. The van der Waals surface area contributed by atoms with Crippen LogP contribution in [0.15, 0.2) is 0 Å². The van der Waals surface area contributed by atoms with E-state index in [0.717, 1.165) is 0 Å². The minimum absolute atomic E-state index is 0.0375. The Morgan fingerprint density at radius 2 is 2.08 bits per heavy atom. The van der Waals surface area contributed by atoms with Crippen molar-refractivity contribution in [1.82, 2.24) is 5.32 Å². The lowest BCUT2D eigenvalue weighted by molar-refractivity contribution is -0.123. The summed E-state index contributed by atoms with van der Waals surface area (Å²) in [5.41, 5.74) is 5.53. The highest BCUT2D eigenvalue weighted by Gasteiger charge is 2.17. The summed E-state index contributed by atoms with van der Waals surface area (Å²) in [6.45, 7) is 3.35. The van der Waals surface area contributed by atoms with E-state index in [-0.39, 0.29) is 25.0 Å². The van der Waals surface area contributed by atoms with Crippen LogP contribution in [0.5, 0.6) is 0 Å². The number of nitrogens with one attached hydrogen (secondary N) is 1. The third-order valence-corrected chi connectivity index (χ3v) is 1.74. The standard InChI is InChI=1S/C8H18N2O3/c1-5(2)7(9)8(13)10-3-6(12)4-11/h5-7,11-12H,3-4,9H2,1-2H3,(H,10,13)/t6-,7?/m0/s1. The minimum Gasteiger partial charge on any atom is -0.394 e. The summed E-state index contributed by atoms with van der Waals surface area (Å²) in [6.07, 6.45) is -0.914. The van der Waals surface area contributed by atoms with Gasteiger partial charge in [0.2, 0.25) is 5.91 Å². The molecule has 0 saturated heterocycles. The topological polar surface area (TPSA) is 95.6 Å². The highest BCUT2D eigenvalue weighted by atomic mass is 16.3. The van der Waals surface area contributed by atoms with Gasteiger partial charge >= 0.3 is 0 Å². The highest BCUT2D eigenvalue weighted by Crippen LogP contribution is 1.97. The summed E-state index contributed by atoms with van der Waals surface area (Å²) in [4.78, 5) is 11.2. The van der Waals surface area contributed by atoms with E-state index in [1.54, 1.807) is 0 Å². The van der Waals surface area contributed by atoms with Gasteiger partial charge in [-0.25, -0.2) is 0 Å². The van der Waals surface area contributed by atoms with Gasteiger partial charge in [0.25, 0.3) is 0 Å². The number of amides is 1. The zero-order chi connectivity index (χ0) is 10.4. The molecule has 0 aliphatic carbocycles. The molecule has 1 unspecified atom stereocenters. The van der Waals surface area contributed by atoms with E-state index in [2.05, 4.69) is 5.32 Å². The molecule has 0 aliphatic rings. The van der Waals surface area contributed by atoms with Crippen molar-refractivity contribution in [3.8, 4) is 0 Å². The molecule has 0 rings (SSSR count). The van der Waals surface area contributed by atoms with Crippen molar-refractivity contribution < 1.29 is 15.0 Å². The largest absolute Gasteiger partial charge is 0.394 e. The average molecular weight is 190 g/mol. The predicted molar refractivity (Wildman–Crippen MR) is 48.9 cm³/mol. The first-order valence-electron chi connectivity index (χ1n) is 4.31. The molecule has 0 aliphatic heterocycles. The number of nitrogens with two attached hydrogens (primary N) is 1. The molecule has 0 bridgehead atoms. The second-order valence-corrected chi connectivity index (χ2v) is 3.35. The van der Waals surface area contributed by atoms with Crippen LogP contribution >= 0.6 is 0 Å². The third-order valence-electron chi connectivity index (χ3n) is 1.74. The Bertz CT molecular complexity index is 161. The summed E-state index contributed by atoms with van der Waals surface area (Å²) < 4.78 is 0. The Morgan fingerprint density at radius 1 is 1.54 bits per heavy atom. The normalized spacial score (nSPS) is 15.5. The van der Waals surface area contributed by atoms with Crippen molar-refractivity contribution in [1.29, 1.82) is 0 Å². The number of carbonyl (C=O) groups excluding carboxylic acids is 1. The lowest BCUT2D eigenvalue weighted by Gasteiger charge is -2.16. The molecule has 0 heterocycles. The summed E-state index contributed by atoms with van der Waals surface area (Å²) in [7, 11) is 0. The maximum Gasteiger partial charge on any atom is 0.237 e. The number of hydrogen-bond acceptors (Lipinski definition) is 4. The molecule has 1 amide bonds. The van der Waals surface area contributed by atoms with Crippen molar-refractivity contribution in [2.24, 2.45) is 11.7 Å². The summed E-state index contributed by atoms with van der Waals surface area (Å²) in [5.74, 6) is -0.242. The second kappa shape index (κ2) is 5.90. The summed E-state index contributed by atoms with van der Waals surface area (Å²) >= 11 is 0. The number of hydrogen-bond donors (Lipinski definition) is 4. The van der Waals surface area contributed by atoms with Gasteiger partial charge in [0.1, 0.15) is 0 Å². The van der Waals surface area contributed by atoms with E-state index in [1.807, 2.05) is 13.8 Å². The lowest BCUT2D eigenvalue weighted by Crippen LogP contribution is -2.46. The molecule has 0 saturated carbocycles. The van der Waals surface area contributed by atoms with E-state index in [9.17, 15) is 4.79 Å². The number of rotatable bonds is 5. The Hall–Kier alpha value is -0.650. The number of carbonyl (C=O) groups is 1.